The van der Waals surface area contributed by atoms with Gasteiger partial charge in [-0.3, -0.25) is 0 Å². The van der Waals surface area contributed by atoms with Crippen molar-refractivity contribution in [2.75, 3.05) is 19.1 Å². The first-order chi connectivity index (χ1) is 14.5. The Kier molecular flexibility index (Phi) is 7.81. The molecule has 0 aliphatic carbocycles. The number of rotatable bonds is 11. The standard InChI is InChI=1S/C25H31ClN2O2/c1-20-18-22(8-11-24(20)30-16-4-12-26)25(2,3)21-6-9-23(10-7-21)29-17-5-14-28-15-13-27-19-28/h6-11,13,15,18-19H,4-5,12,14,16-17H2,1-3H3. The van der Waals surface area contributed by atoms with Gasteiger partial charge in [-0.2, -0.15) is 0 Å². The third-order valence-electron chi connectivity index (χ3n) is 5.40. The van der Waals surface area contributed by atoms with E-state index < -0.39 is 0 Å². The average molecular weight is 427 g/mol. The van der Waals surface area contributed by atoms with Crippen molar-refractivity contribution in [2.45, 2.75) is 45.6 Å². The minimum Gasteiger partial charge on any atom is -0.494 e. The molecule has 0 bridgehead atoms. The molecule has 1 aromatic heterocycles. The summed E-state index contributed by atoms with van der Waals surface area (Å²) < 4.78 is 13.8. The van der Waals surface area contributed by atoms with Gasteiger partial charge in [0.1, 0.15) is 11.5 Å². The van der Waals surface area contributed by atoms with Gasteiger partial charge < -0.3 is 14.0 Å². The molecule has 0 unspecified atom stereocenters. The minimum absolute atomic E-state index is 0.112. The average Bonchev–Trinajstić information content (AvgIpc) is 3.26. The second kappa shape index (κ2) is 10.5. The molecule has 0 radical (unpaired) electrons. The molecule has 4 nitrogen and oxygen atoms in total. The third-order valence-corrected chi connectivity index (χ3v) is 5.66. The van der Waals surface area contributed by atoms with Crippen LogP contribution in [0.15, 0.2) is 61.2 Å². The van der Waals surface area contributed by atoms with Crippen LogP contribution in [-0.4, -0.2) is 28.6 Å². The fraction of sp³-hybridized carbons (Fsp3) is 0.400. The van der Waals surface area contributed by atoms with Crippen LogP contribution in [0.4, 0.5) is 0 Å². The lowest BCUT2D eigenvalue weighted by atomic mass is 9.77. The van der Waals surface area contributed by atoms with Crippen molar-refractivity contribution in [1.82, 2.24) is 9.55 Å². The number of nitrogens with zero attached hydrogens (tertiary/aromatic N) is 2. The molecule has 0 saturated carbocycles. The van der Waals surface area contributed by atoms with Gasteiger partial charge in [-0.25, -0.2) is 4.98 Å². The molecule has 0 N–H and O–H groups in total. The van der Waals surface area contributed by atoms with Gasteiger partial charge in [0.05, 0.1) is 19.5 Å². The number of alkyl halides is 1. The maximum atomic E-state index is 5.90. The van der Waals surface area contributed by atoms with Gasteiger partial charge in [-0.15, -0.1) is 11.6 Å². The van der Waals surface area contributed by atoms with Crippen LogP contribution in [0, 0.1) is 6.92 Å². The normalized spacial score (nSPS) is 11.5. The highest BCUT2D eigenvalue weighted by atomic mass is 35.5. The lowest BCUT2D eigenvalue weighted by Gasteiger charge is -2.27. The molecule has 2 aromatic carbocycles. The Morgan fingerprint density at radius 2 is 1.70 bits per heavy atom. The zero-order valence-electron chi connectivity index (χ0n) is 18.1. The molecule has 160 valence electrons. The highest BCUT2D eigenvalue weighted by molar-refractivity contribution is 6.17. The summed E-state index contributed by atoms with van der Waals surface area (Å²) >= 11 is 5.74. The maximum Gasteiger partial charge on any atom is 0.122 e. The van der Waals surface area contributed by atoms with Crippen LogP contribution in [0.3, 0.4) is 0 Å². The van der Waals surface area contributed by atoms with Gasteiger partial charge in [0.25, 0.3) is 0 Å². The summed E-state index contributed by atoms with van der Waals surface area (Å²) in [5.41, 5.74) is 3.55. The van der Waals surface area contributed by atoms with E-state index in [4.69, 9.17) is 21.1 Å². The summed E-state index contributed by atoms with van der Waals surface area (Å²) in [5.74, 6) is 2.45. The van der Waals surface area contributed by atoms with Crippen LogP contribution in [0.5, 0.6) is 11.5 Å². The second-order valence-electron chi connectivity index (χ2n) is 8.02. The Hall–Kier alpha value is -2.46. The monoisotopic (exact) mass is 426 g/mol. The molecular weight excluding hydrogens is 396 g/mol. The largest absolute Gasteiger partial charge is 0.494 e. The highest BCUT2D eigenvalue weighted by Gasteiger charge is 2.23. The lowest BCUT2D eigenvalue weighted by Crippen LogP contribution is -2.19. The highest BCUT2D eigenvalue weighted by Crippen LogP contribution is 2.34. The Morgan fingerprint density at radius 1 is 0.967 bits per heavy atom. The maximum absolute atomic E-state index is 5.90. The molecule has 30 heavy (non-hydrogen) atoms. The van der Waals surface area contributed by atoms with E-state index in [1.807, 2.05) is 12.5 Å². The molecule has 0 saturated heterocycles. The van der Waals surface area contributed by atoms with Gasteiger partial charge in [-0.05, 0) is 54.7 Å². The quantitative estimate of drug-likeness (QED) is 0.279. The topological polar surface area (TPSA) is 36.3 Å². The van der Waals surface area contributed by atoms with E-state index in [-0.39, 0.29) is 5.41 Å². The van der Waals surface area contributed by atoms with Crippen molar-refractivity contribution in [1.29, 1.82) is 0 Å². The van der Waals surface area contributed by atoms with Crippen LogP contribution in [0.1, 0.15) is 43.4 Å². The molecule has 3 rings (SSSR count). The van der Waals surface area contributed by atoms with E-state index in [1.54, 1.807) is 6.20 Å². The molecule has 0 spiro atoms. The van der Waals surface area contributed by atoms with Crippen molar-refractivity contribution < 1.29 is 9.47 Å². The van der Waals surface area contributed by atoms with Crippen molar-refractivity contribution in [3.63, 3.8) is 0 Å². The zero-order valence-corrected chi connectivity index (χ0v) is 18.9. The van der Waals surface area contributed by atoms with Gasteiger partial charge in [0, 0.05) is 30.2 Å². The Balaban J connectivity index is 1.59. The smallest absolute Gasteiger partial charge is 0.122 e. The number of hydrogen-bond acceptors (Lipinski definition) is 3. The van der Waals surface area contributed by atoms with Crippen LogP contribution in [0.25, 0.3) is 0 Å². The summed E-state index contributed by atoms with van der Waals surface area (Å²) in [4.78, 5) is 4.05. The number of imidazole rings is 1. The van der Waals surface area contributed by atoms with Gasteiger partial charge in [0.2, 0.25) is 0 Å². The van der Waals surface area contributed by atoms with Gasteiger partial charge in [-0.1, -0.05) is 38.1 Å². The van der Waals surface area contributed by atoms with Gasteiger partial charge >= 0.3 is 0 Å². The molecule has 0 amide bonds. The van der Waals surface area contributed by atoms with Crippen molar-refractivity contribution in [3.8, 4) is 11.5 Å². The molecule has 0 fully saturated rings. The minimum atomic E-state index is -0.112. The first-order valence-corrected chi connectivity index (χ1v) is 11.0. The number of aryl methyl sites for hydroxylation is 2. The Bertz CT molecular complexity index is 905. The van der Waals surface area contributed by atoms with E-state index in [0.29, 0.717) is 19.1 Å². The Labute approximate surface area is 184 Å². The number of halogens is 1. The number of benzene rings is 2. The number of aromatic nitrogens is 2. The van der Waals surface area contributed by atoms with Crippen molar-refractivity contribution in [2.24, 2.45) is 0 Å². The van der Waals surface area contributed by atoms with E-state index in [0.717, 1.165) is 36.4 Å². The van der Waals surface area contributed by atoms with E-state index in [2.05, 4.69) is 72.8 Å². The molecule has 3 aromatic rings. The summed E-state index contributed by atoms with van der Waals surface area (Å²) in [6, 6.07) is 14.9. The first kappa shape index (κ1) is 22.2. The molecular formula is C25H31ClN2O2. The number of hydrogen-bond donors (Lipinski definition) is 0. The summed E-state index contributed by atoms with van der Waals surface area (Å²) in [6.45, 7) is 8.84. The van der Waals surface area contributed by atoms with E-state index in [9.17, 15) is 0 Å². The first-order valence-electron chi connectivity index (χ1n) is 10.5. The SMILES string of the molecule is Cc1cc(C(C)(C)c2ccc(OCCCn3ccnc3)cc2)ccc1OCCCCl. The molecule has 0 atom stereocenters. The van der Waals surface area contributed by atoms with Crippen LogP contribution >= 0.6 is 11.6 Å². The summed E-state index contributed by atoms with van der Waals surface area (Å²) in [5, 5.41) is 0. The van der Waals surface area contributed by atoms with E-state index in [1.165, 1.54) is 11.1 Å². The second-order valence-corrected chi connectivity index (χ2v) is 8.40. The van der Waals surface area contributed by atoms with Gasteiger partial charge in [0.15, 0.2) is 0 Å². The molecule has 0 aliphatic heterocycles. The van der Waals surface area contributed by atoms with Crippen molar-refractivity contribution in [3.05, 3.63) is 77.9 Å². The predicted molar refractivity (Wildman–Crippen MR) is 123 cm³/mol. The fourth-order valence-corrected chi connectivity index (χ4v) is 3.54. The number of ether oxygens (including phenoxy) is 2. The summed E-state index contributed by atoms with van der Waals surface area (Å²) in [7, 11) is 0. The molecule has 0 aliphatic rings. The van der Waals surface area contributed by atoms with Crippen LogP contribution in [-0.2, 0) is 12.0 Å². The predicted octanol–water partition coefficient (Wildman–Crippen LogP) is 5.99. The van der Waals surface area contributed by atoms with E-state index >= 15 is 0 Å². The van der Waals surface area contributed by atoms with Crippen LogP contribution < -0.4 is 9.47 Å². The third kappa shape index (κ3) is 5.79. The summed E-state index contributed by atoms with van der Waals surface area (Å²) in [6.07, 6.45) is 7.40. The molecule has 1 heterocycles. The molecule has 5 heteroatoms. The Morgan fingerprint density at radius 3 is 2.37 bits per heavy atom. The van der Waals surface area contributed by atoms with Crippen LogP contribution in [0.2, 0.25) is 0 Å². The van der Waals surface area contributed by atoms with Crippen molar-refractivity contribution >= 4 is 11.6 Å². The zero-order chi connectivity index (χ0) is 21.4. The fourth-order valence-electron chi connectivity index (χ4n) is 3.43. The lowest BCUT2D eigenvalue weighted by molar-refractivity contribution is 0.301.